The minimum Gasteiger partial charge on any atom is -0.376 e. The van der Waals surface area contributed by atoms with E-state index >= 15 is 0 Å². The van der Waals surface area contributed by atoms with Crippen LogP contribution in [0.15, 0.2) is 59.4 Å². The van der Waals surface area contributed by atoms with Crippen molar-refractivity contribution in [2.24, 2.45) is 0 Å². The van der Waals surface area contributed by atoms with E-state index in [0.717, 1.165) is 60.1 Å². The Kier molecular flexibility index (Phi) is 7.53. The number of aromatic amines is 1. The van der Waals surface area contributed by atoms with Gasteiger partial charge in [-0.25, -0.2) is 4.68 Å². The van der Waals surface area contributed by atoms with Gasteiger partial charge in [-0.05, 0) is 59.2 Å². The van der Waals surface area contributed by atoms with Crippen LogP contribution < -0.4 is 5.56 Å². The summed E-state index contributed by atoms with van der Waals surface area (Å²) in [6.07, 6.45) is 4.09. The third-order valence-electron chi connectivity index (χ3n) is 7.03. The molecule has 0 bridgehead atoms. The van der Waals surface area contributed by atoms with Crippen molar-refractivity contribution in [2.75, 3.05) is 6.61 Å². The molecule has 0 unspecified atom stereocenters. The standard InChI is InChI=1S/C28H34N6O2/c1-3-9-25(27-30-31-32-34(27)19-24-14-8-15-36-24)33(17-21-11-5-4-6-12-21)18-23-16-22-13-7-10-20(2)26(22)29-28(23)35/h4-7,10-13,16,24-25H,3,8-9,14-15,17-19H2,1-2H3,(H,29,35)/t24-,25-/m1/s1. The van der Waals surface area contributed by atoms with Gasteiger partial charge in [-0.1, -0.05) is 61.9 Å². The first-order valence-corrected chi connectivity index (χ1v) is 12.9. The molecule has 0 radical (unpaired) electrons. The molecule has 2 aromatic heterocycles. The Hall–Kier alpha value is -3.36. The van der Waals surface area contributed by atoms with Crippen LogP contribution >= 0.6 is 0 Å². The molecular weight excluding hydrogens is 452 g/mol. The number of benzene rings is 2. The molecule has 1 aliphatic heterocycles. The minimum atomic E-state index is -0.0518. The Balaban J connectivity index is 1.51. The zero-order valence-electron chi connectivity index (χ0n) is 21.1. The lowest BCUT2D eigenvalue weighted by atomic mass is 10.0. The summed E-state index contributed by atoms with van der Waals surface area (Å²) in [5.41, 5.74) is 3.83. The molecule has 0 spiro atoms. The Labute approximate surface area is 211 Å². The van der Waals surface area contributed by atoms with Gasteiger partial charge < -0.3 is 9.72 Å². The maximum Gasteiger partial charge on any atom is 0.252 e. The molecule has 1 fully saturated rings. The fraction of sp³-hybridized carbons (Fsp3) is 0.429. The van der Waals surface area contributed by atoms with Crippen LogP contribution in [0.2, 0.25) is 0 Å². The number of nitrogens with zero attached hydrogens (tertiary/aromatic N) is 5. The largest absolute Gasteiger partial charge is 0.376 e. The van der Waals surface area contributed by atoms with Gasteiger partial charge in [0.2, 0.25) is 0 Å². The average Bonchev–Trinajstić information content (AvgIpc) is 3.57. The summed E-state index contributed by atoms with van der Waals surface area (Å²) in [5.74, 6) is 0.830. The smallest absolute Gasteiger partial charge is 0.252 e. The molecule has 8 heteroatoms. The van der Waals surface area contributed by atoms with Gasteiger partial charge in [0.1, 0.15) is 0 Å². The molecule has 1 aliphatic rings. The Bertz CT molecular complexity index is 1340. The van der Waals surface area contributed by atoms with Gasteiger partial charge >= 0.3 is 0 Å². The number of nitrogens with one attached hydrogen (secondary N) is 1. The summed E-state index contributed by atoms with van der Waals surface area (Å²) in [7, 11) is 0. The molecule has 2 atom stereocenters. The molecule has 8 nitrogen and oxygen atoms in total. The van der Waals surface area contributed by atoms with Crippen molar-refractivity contribution in [1.29, 1.82) is 0 Å². The molecule has 188 valence electrons. The van der Waals surface area contributed by atoms with Crippen LogP contribution in [0, 0.1) is 6.92 Å². The highest BCUT2D eigenvalue weighted by atomic mass is 16.5. The summed E-state index contributed by atoms with van der Waals surface area (Å²) in [5, 5.41) is 13.9. The summed E-state index contributed by atoms with van der Waals surface area (Å²) in [4.78, 5) is 18.6. The van der Waals surface area contributed by atoms with Gasteiger partial charge in [0, 0.05) is 25.3 Å². The lowest BCUT2D eigenvalue weighted by molar-refractivity contribution is 0.0885. The molecule has 0 amide bonds. The molecule has 4 aromatic rings. The average molecular weight is 487 g/mol. The number of hydrogen-bond donors (Lipinski definition) is 1. The summed E-state index contributed by atoms with van der Waals surface area (Å²) in [6.45, 7) is 6.82. The highest BCUT2D eigenvalue weighted by Crippen LogP contribution is 2.29. The second-order valence-corrected chi connectivity index (χ2v) is 9.71. The number of tetrazole rings is 1. The fourth-order valence-electron chi connectivity index (χ4n) is 5.17. The van der Waals surface area contributed by atoms with Crippen molar-refractivity contribution in [3.8, 4) is 0 Å². The summed E-state index contributed by atoms with van der Waals surface area (Å²) < 4.78 is 7.77. The van der Waals surface area contributed by atoms with Crippen LogP contribution in [-0.4, -0.2) is 42.8 Å². The minimum absolute atomic E-state index is 0.0424. The van der Waals surface area contributed by atoms with Crippen LogP contribution in [-0.2, 0) is 24.4 Å². The Morgan fingerprint density at radius 3 is 2.81 bits per heavy atom. The molecule has 36 heavy (non-hydrogen) atoms. The maximum atomic E-state index is 13.2. The van der Waals surface area contributed by atoms with Gasteiger partial charge in [0.15, 0.2) is 5.82 Å². The van der Waals surface area contributed by atoms with E-state index in [-0.39, 0.29) is 17.7 Å². The number of hydrogen-bond acceptors (Lipinski definition) is 6. The fourth-order valence-corrected chi connectivity index (χ4v) is 5.17. The quantitative estimate of drug-likeness (QED) is 0.354. The second-order valence-electron chi connectivity index (χ2n) is 9.71. The van der Waals surface area contributed by atoms with Crippen molar-refractivity contribution >= 4 is 10.9 Å². The first kappa shape index (κ1) is 24.3. The lowest BCUT2D eigenvalue weighted by Gasteiger charge is -2.31. The monoisotopic (exact) mass is 486 g/mol. The number of ether oxygens (including phenoxy) is 1. The number of para-hydroxylation sites is 1. The van der Waals surface area contributed by atoms with E-state index < -0.39 is 0 Å². The van der Waals surface area contributed by atoms with Crippen molar-refractivity contribution in [2.45, 2.75) is 71.3 Å². The highest BCUT2D eigenvalue weighted by molar-refractivity contribution is 5.81. The molecule has 0 aliphatic carbocycles. The third-order valence-corrected chi connectivity index (χ3v) is 7.03. The molecule has 2 aromatic carbocycles. The first-order chi connectivity index (χ1) is 17.6. The number of H-pyrrole nitrogens is 1. The molecule has 1 saturated heterocycles. The number of fused-ring (bicyclic) bond motifs is 1. The van der Waals surface area contributed by atoms with E-state index in [1.165, 1.54) is 5.56 Å². The zero-order chi connectivity index (χ0) is 24.9. The van der Waals surface area contributed by atoms with E-state index in [1.807, 2.05) is 35.9 Å². The number of aromatic nitrogens is 5. The molecular formula is C28H34N6O2. The van der Waals surface area contributed by atoms with Crippen LogP contribution in [0.1, 0.15) is 61.2 Å². The van der Waals surface area contributed by atoms with Crippen molar-refractivity contribution in [3.63, 3.8) is 0 Å². The highest BCUT2D eigenvalue weighted by Gasteiger charge is 2.28. The van der Waals surface area contributed by atoms with Crippen LogP contribution in [0.5, 0.6) is 0 Å². The van der Waals surface area contributed by atoms with E-state index in [4.69, 9.17) is 4.74 Å². The Morgan fingerprint density at radius 1 is 1.17 bits per heavy atom. The first-order valence-electron chi connectivity index (χ1n) is 12.9. The SMILES string of the molecule is CCC[C@H](c1nnnn1C[C@H]1CCCO1)N(Cc1ccccc1)Cc1cc2cccc(C)c2[nH]c1=O. The number of rotatable bonds is 10. The van der Waals surface area contributed by atoms with Crippen molar-refractivity contribution < 1.29 is 4.74 Å². The summed E-state index contributed by atoms with van der Waals surface area (Å²) in [6, 6.07) is 18.5. The second kappa shape index (κ2) is 11.1. The summed E-state index contributed by atoms with van der Waals surface area (Å²) >= 11 is 0. The predicted molar refractivity (Wildman–Crippen MR) is 139 cm³/mol. The predicted octanol–water partition coefficient (Wildman–Crippen LogP) is 4.55. The third kappa shape index (κ3) is 5.39. The molecule has 0 saturated carbocycles. The van der Waals surface area contributed by atoms with Gasteiger partial charge in [0.05, 0.1) is 24.2 Å². The van der Waals surface area contributed by atoms with Crippen molar-refractivity contribution in [1.82, 2.24) is 30.1 Å². The number of aryl methyl sites for hydroxylation is 1. The van der Waals surface area contributed by atoms with Gasteiger partial charge in [-0.2, -0.15) is 0 Å². The van der Waals surface area contributed by atoms with Gasteiger partial charge in [0.25, 0.3) is 5.56 Å². The molecule has 1 N–H and O–H groups in total. The van der Waals surface area contributed by atoms with E-state index in [1.54, 1.807) is 0 Å². The number of pyridine rings is 1. The normalized spacial score (nSPS) is 16.7. The molecule has 3 heterocycles. The van der Waals surface area contributed by atoms with Crippen LogP contribution in [0.4, 0.5) is 0 Å². The van der Waals surface area contributed by atoms with E-state index in [0.29, 0.717) is 19.6 Å². The topological polar surface area (TPSA) is 88.9 Å². The van der Waals surface area contributed by atoms with E-state index in [2.05, 4.69) is 62.7 Å². The van der Waals surface area contributed by atoms with Crippen LogP contribution in [0.25, 0.3) is 10.9 Å². The van der Waals surface area contributed by atoms with E-state index in [9.17, 15) is 4.79 Å². The van der Waals surface area contributed by atoms with Gasteiger partial charge in [-0.3, -0.25) is 9.69 Å². The zero-order valence-corrected chi connectivity index (χ0v) is 21.1. The maximum absolute atomic E-state index is 13.2. The van der Waals surface area contributed by atoms with Crippen molar-refractivity contribution in [3.05, 3.63) is 87.5 Å². The molecule has 5 rings (SSSR count). The lowest BCUT2D eigenvalue weighted by Crippen LogP contribution is -2.33. The Morgan fingerprint density at radius 2 is 2.03 bits per heavy atom. The van der Waals surface area contributed by atoms with Crippen LogP contribution in [0.3, 0.4) is 0 Å². The van der Waals surface area contributed by atoms with Gasteiger partial charge in [-0.15, -0.1) is 5.10 Å².